The molecule has 0 aromatic heterocycles. The van der Waals surface area contributed by atoms with Gasteiger partial charge in [0, 0.05) is 0 Å². The van der Waals surface area contributed by atoms with Crippen molar-refractivity contribution in [3.8, 4) is 28.0 Å². The Kier molecular flexibility index (Phi) is 6.13. The van der Waals surface area contributed by atoms with Crippen LogP contribution in [0, 0.1) is 11.6 Å². The van der Waals surface area contributed by atoms with Gasteiger partial charge in [0.05, 0.1) is 5.56 Å². The van der Waals surface area contributed by atoms with Gasteiger partial charge in [0.2, 0.25) is 0 Å². The molecule has 0 atom stereocenters. The highest BCUT2D eigenvalue weighted by molar-refractivity contribution is 5.88. The van der Waals surface area contributed by atoms with E-state index in [4.69, 9.17) is 4.74 Å². The van der Waals surface area contributed by atoms with Gasteiger partial charge in [-0.3, -0.25) is 0 Å². The van der Waals surface area contributed by atoms with Gasteiger partial charge in [-0.05, 0) is 69.8 Å². The summed E-state index contributed by atoms with van der Waals surface area (Å²) in [6, 6.07) is 21.8. The summed E-state index contributed by atoms with van der Waals surface area (Å²) < 4.78 is 35.3. The molecule has 0 aliphatic rings. The molecule has 0 N–H and O–H groups in total. The van der Waals surface area contributed by atoms with Gasteiger partial charge in [-0.15, -0.1) is 0 Å². The Morgan fingerprint density at radius 2 is 1.42 bits per heavy atom. The Morgan fingerprint density at radius 3 is 2.10 bits per heavy atom. The van der Waals surface area contributed by atoms with Crippen LogP contribution >= 0.6 is 0 Å². The number of benzene rings is 4. The zero-order valence-corrected chi connectivity index (χ0v) is 17.5. The van der Waals surface area contributed by atoms with E-state index in [0.29, 0.717) is 23.5 Å². The zero-order chi connectivity index (χ0) is 21.8. The molecule has 0 bridgehead atoms. The van der Waals surface area contributed by atoms with Gasteiger partial charge >= 0.3 is 0 Å². The van der Waals surface area contributed by atoms with E-state index in [1.807, 2.05) is 18.2 Å². The third-order valence-corrected chi connectivity index (χ3v) is 5.33. The standard InChI is InChI=1S/C28H24F2O/c1-3-5-19-6-7-22-16-23(9-8-21(22)15-19)24-17-26(29)28(27(30)18-24)20-10-12-25(13-11-20)31-14-4-2/h4,6-13,15-18H,2-3,5,14H2,1H3. The van der Waals surface area contributed by atoms with Crippen molar-refractivity contribution >= 4 is 10.8 Å². The van der Waals surface area contributed by atoms with Crippen molar-refractivity contribution in [1.29, 1.82) is 0 Å². The molecule has 4 rings (SSSR count). The van der Waals surface area contributed by atoms with Gasteiger partial charge in [0.25, 0.3) is 0 Å². The maximum absolute atomic E-state index is 15.0. The minimum Gasteiger partial charge on any atom is -0.490 e. The van der Waals surface area contributed by atoms with E-state index in [0.717, 1.165) is 29.2 Å². The summed E-state index contributed by atoms with van der Waals surface area (Å²) in [5, 5.41) is 2.18. The molecule has 1 nitrogen and oxygen atoms in total. The molecular formula is C28H24F2O. The molecule has 0 radical (unpaired) electrons. The maximum Gasteiger partial charge on any atom is 0.134 e. The Hall–Kier alpha value is -3.46. The van der Waals surface area contributed by atoms with Crippen LogP contribution in [0.5, 0.6) is 5.75 Å². The monoisotopic (exact) mass is 414 g/mol. The highest BCUT2D eigenvalue weighted by Crippen LogP contribution is 2.33. The molecule has 0 spiro atoms. The molecule has 0 unspecified atom stereocenters. The van der Waals surface area contributed by atoms with Crippen LogP contribution in [0.1, 0.15) is 18.9 Å². The van der Waals surface area contributed by atoms with Crippen molar-refractivity contribution in [1.82, 2.24) is 0 Å². The van der Waals surface area contributed by atoms with Gasteiger partial charge in [0.1, 0.15) is 24.0 Å². The van der Waals surface area contributed by atoms with Crippen molar-refractivity contribution in [3.05, 3.63) is 103 Å². The fraction of sp³-hybridized carbons (Fsp3) is 0.143. The Labute approximate surface area is 181 Å². The number of hydrogen-bond acceptors (Lipinski definition) is 1. The molecule has 0 fully saturated rings. The quantitative estimate of drug-likeness (QED) is 0.279. The van der Waals surface area contributed by atoms with Crippen molar-refractivity contribution in [2.75, 3.05) is 6.61 Å². The van der Waals surface area contributed by atoms with E-state index in [-0.39, 0.29) is 5.56 Å². The molecule has 0 saturated heterocycles. The summed E-state index contributed by atoms with van der Waals surface area (Å²) in [7, 11) is 0. The first-order valence-electron chi connectivity index (χ1n) is 10.5. The largest absolute Gasteiger partial charge is 0.490 e. The number of hydrogen-bond donors (Lipinski definition) is 0. The van der Waals surface area contributed by atoms with E-state index in [1.165, 1.54) is 17.7 Å². The van der Waals surface area contributed by atoms with Crippen molar-refractivity contribution in [3.63, 3.8) is 0 Å². The van der Waals surface area contributed by atoms with E-state index < -0.39 is 11.6 Å². The van der Waals surface area contributed by atoms with Crippen LogP contribution < -0.4 is 4.74 Å². The van der Waals surface area contributed by atoms with Crippen molar-refractivity contribution in [2.24, 2.45) is 0 Å². The van der Waals surface area contributed by atoms with Crippen molar-refractivity contribution < 1.29 is 13.5 Å². The van der Waals surface area contributed by atoms with Gasteiger partial charge in [-0.2, -0.15) is 0 Å². The van der Waals surface area contributed by atoms with Gasteiger partial charge < -0.3 is 4.74 Å². The predicted octanol–water partition coefficient (Wildman–Crippen LogP) is 7.97. The smallest absolute Gasteiger partial charge is 0.134 e. The number of rotatable bonds is 7. The molecule has 0 aliphatic carbocycles. The molecule has 0 saturated carbocycles. The van der Waals surface area contributed by atoms with Gasteiger partial charge in [0.15, 0.2) is 0 Å². The van der Waals surface area contributed by atoms with Crippen LogP contribution in [0.4, 0.5) is 8.78 Å². The fourth-order valence-electron chi connectivity index (χ4n) is 3.81. The summed E-state index contributed by atoms with van der Waals surface area (Å²) in [6.45, 7) is 6.14. The molecule has 4 aromatic carbocycles. The zero-order valence-electron chi connectivity index (χ0n) is 17.5. The van der Waals surface area contributed by atoms with Crippen molar-refractivity contribution in [2.45, 2.75) is 19.8 Å². The third kappa shape index (κ3) is 4.51. The first-order valence-corrected chi connectivity index (χ1v) is 10.5. The predicted molar refractivity (Wildman–Crippen MR) is 124 cm³/mol. The average Bonchev–Trinajstić information content (AvgIpc) is 2.78. The maximum atomic E-state index is 15.0. The summed E-state index contributed by atoms with van der Waals surface area (Å²) in [4.78, 5) is 0. The summed E-state index contributed by atoms with van der Waals surface area (Å²) in [5.74, 6) is -0.555. The fourth-order valence-corrected chi connectivity index (χ4v) is 3.81. The van der Waals surface area contributed by atoms with Crippen LogP contribution in [0.3, 0.4) is 0 Å². The van der Waals surface area contributed by atoms with E-state index in [1.54, 1.807) is 30.3 Å². The lowest BCUT2D eigenvalue weighted by Crippen LogP contribution is -1.94. The minimum absolute atomic E-state index is 0.0379. The number of halogens is 2. The van der Waals surface area contributed by atoms with Gasteiger partial charge in [-0.1, -0.05) is 68.5 Å². The van der Waals surface area contributed by atoms with E-state index in [2.05, 4.69) is 31.7 Å². The SMILES string of the molecule is C=CCOc1ccc(-c2c(F)cc(-c3ccc4cc(CCC)ccc4c3)cc2F)cc1. The molecule has 0 amide bonds. The third-order valence-electron chi connectivity index (χ3n) is 5.33. The van der Waals surface area contributed by atoms with Crippen LogP contribution in [0.2, 0.25) is 0 Å². The minimum atomic E-state index is -0.590. The van der Waals surface area contributed by atoms with Crippen LogP contribution in [0.15, 0.2) is 85.5 Å². The van der Waals surface area contributed by atoms with E-state index in [9.17, 15) is 8.78 Å². The summed E-state index contributed by atoms with van der Waals surface area (Å²) in [5.41, 5.74) is 3.03. The highest BCUT2D eigenvalue weighted by Gasteiger charge is 2.15. The lowest BCUT2D eigenvalue weighted by Gasteiger charge is -2.11. The lowest BCUT2D eigenvalue weighted by molar-refractivity contribution is 0.363. The lowest BCUT2D eigenvalue weighted by atomic mass is 9.96. The van der Waals surface area contributed by atoms with E-state index >= 15 is 0 Å². The van der Waals surface area contributed by atoms with Crippen LogP contribution in [0.25, 0.3) is 33.0 Å². The molecular weight excluding hydrogens is 390 g/mol. The number of ether oxygens (including phenoxy) is 1. The van der Waals surface area contributed by atoms with Crippen LogP contribution in [-0.2, 0) is 6.42 Å². The second-order valence-electron chi connectivity index (χ2n) is 7.59. The highest BCUT2D eigenvalue weighted by atomic mass is 19.1. The van der Waals surface area contributed by atoms with Crippen LogP contribution in [-0.4, -0.2) is 6.61 Å². The number of fused-ring (bicyclic) bond motifs is 1. The summed E-state index contributed by atoms with van der Waals surface area (Å²) in [6.07, 6.45) is 3.78. The summed E-state index contributed by atoms with van der Waals surface area (Å²) >= 11 is 0. The normalized spacial score (nSPS) is 10.9. The Morgan fingerprint density at radius 1 is 0.774 bits per heavy atom. The first kappa shape index (κ1) is 20.8. The Balaban J connectivity index is 1.66. The molecule has 3 heteroatoms. The van der Waals surface area contributed by atoms with Gasteiger partial charge in [-0.25, -0.2) is 8.78 Å². The average molecular weight is 414 g/mol. The first-order chi connectivity index (χ1) is 15.1. The molecule has 156 valence electrons. The molecule has 0 aliphatic heterocycles. The molecule has 31 heavy (non-hydrogen) atoms. The molecule has 4 aromatic rings. The topological polar surface area (TPSA) is 9.23 Å². The second kappa shape index (κ2) is 9.13. The Bertz CT molecular complexity index is 1200. The molecule has 0 heterocycles. The number of aryl methyl sites for hydroxylation is 1. The second-order valence-corrected chi connectivity index (χ2v) is 7.59.